The average Bonchev–Trinajstić information content (AvgIpc) is 3.02. The Hall–Kier alpha value is -2.68. The standard InChI is InChI=1S/C25H22Br2N2O4/c1-2-3-16-33-22-14-4-17(5-15-22)25(32)23(30)28(20-10-6-18(26)7-11-20)24(31)29(25)21-12-8-19(27)9-13-21/h4-15,32H,2-3,16H2,1H3. The first kappa shape index (κ1) is 23.5. The number of benzene rings is 3. The lowest BCUT2D eigenvalue weighted by Crippen LogP contribution is -2.47. The number of anilines is 2. The van der Waals surface area contributed by atoms with Crippen LogP contribution in [0.4, 0.5) is 16.2 Å². The molecule has 3 aromatic rings. The molecule has 3 aromatic carbocycles. The van der Waals surface area contributed by atoms with E-state index >= 15 is 0 Å². The molecule has 0 aromatic heterocycles. The van der Waals surface area contributed by atoms with Crippen molar-refractivity contribution >= 4 is 55.2 Å². The number of hydrogen-bond donors (Lipinski definition) is 1. The molecule has 0 spiro atoms. The molecule has 0 radical (unpaired) electrons. The van der Waals surface area contributed by atoms with Crippen LogP contribution in [0.15, 0.2) is 81.7 Å². The van der Waals surface area contributed by atoms with E-state index < -0.39 is 17.7 Å². The molecule has 3 amide bonds. The molecule has 170 valence electrons. The van der Waals surface area contributed by atoms with E-state index in [1.165, 1.54) is 0 Å². The van der Waals surface area contributed by atoms with E-state index in [2.05, 4.69) is 38.8 Å². The summed E-state index contributed by atoms with van der Waals surface area (Å²) in [6.07, 6.45) is 1.95. The van der Waals surface area contributed by atoms with Crippen LogP contribution in [0.3, 0.4) is 0 Å². The summed E-state index contributed by atoms with van der Waals surface area (Å²) in [6.45, 7) is 2.67. The second-order valence-electron chi connectivity index (χ2n) is 7.61. The molecule has 0 aliphatic carbocycles. The number of halogens is 2. The zero-order valence-electron chi connectivity index (χ0n) is 17.9. The Labute approximate surface area is 209 Å². The third-order valence-corrected chi connectivity index (χ3v) is 6.46. The number of unbranched alkanes of at least 4 members (excludes halogenated alkanes) is 1. The van der Waals surface area contributed by atoms with Crippen molar-refractivity contribution in [3.05, 3.63) is 87.3 Å². The fraction of sp³-hybridized carbons (Fsp3) is 0.200. The molecule has 1 unspecified atom stereocenters. The molecule has 1 saturated heterocycles. The Morgan fingerprint density at radius 3 is 1.94 bits per heavy atom. The van der Waals surface area contributed by atoms with Gasteiger partial charge in [-0.25, -0.2) is 9.69 Å². The second kappa shape index (κ2) is 9.67. The first-order valence-electron chi connectivity index (χ1n) is 10.5. The minimum Gasteiger partial charge on any atom is -0.494 e. The minimum atomic E-state index is -2.22. The number of urea groups is 1. The summed E-state index contributed by atoms with van der Waals surface area (Å²) < 4.78 is 7.32. The maximum Gasteiger partial charge on any atom is 0.339 e. The summed E-state index contributed by atoms with van der Waals surface area (Å²) in [5, 5.41) is 11.8. The highest BCUT2D eigenvalue weighted by molar-refractivity contribution is 9.10. The van der Waals surface area contributed by atoms with Crippen LogP contribution in [0.5, 0.6) is 5.75 Å². The SMILES string of the molecule is CCCCOc1ccc(C2(O)C(=O)N(c3ccc(Br)cc3)C(=O)N2c2ccc(Br)cc2)cc1. The van der Waals surface area contributed by atoms with Gasteiger partial charge in [0.2, 0.25) is 0 Å². The van der Waals surface area contributed by atoms with E-state index in [0.717, 1.165) is 31.6 Å². The Morgan fingerprint density at radius 1 is 0.848 bits per heavy atom. The van der Waals surface area contributed by atoms with Gasteiger partial charge in [-0.05, 0) is 79.2 Å². The van der Waals surface area contributed by atoms with E-state index in [1.54, 1.807) is 72.8 Å². The van der Waals surface area contributed by atoms with E-state index in [-0.39, 0.29) is 5.56 Å². The van der Waals surface area contributed by atoms with Gasteiger partial charge in [0.25, 0.3) is 11.6 Å². The smallest absolute Gasteiger partial charge is 0.339 e. The van der Waals surface area contributed by atoms with Crippen LogP contribution >= 0.6 is 31.9 Å². The minimum absolute atomic E-state index is 0.270. The number of carbonyl (C=O) groups is 2. The number of carbonyl (C=O) groups excluding carboxylic acids is 2. The number of amides is 3. The third-order valence-electron chi connectivity index (χ3n) is 5.40. The zero-order valence-corrected chi connectivity index (χ0v) is 21.0. The van der Waals surface area contributed by atoms with Crippen molar-refractivity contribution in [2.75, 3.05) is 16.4 Å². The van der Waals surface area contributed by atoms with Gasteiger partial charge in [-0.3, -0.25) is 9.69 Å². The van der Waals surface area contributed by atoms with Gasteiger partial charge in [0, 0.05) is 20.2 Å². The molecule has 33 heavy (non-hydrogen) atoms. The molecule has 1 aliphatic heterocycles. The lowest BCUT2D eigenvalue weighted by molar-refractivity contribution is -0.133. The van der Waals surface area contributed by atoms with E-state index in [0.29, 0.717) is 23.7 Å². The molecule has 4 rings (SSSR count). The van der Waals surface area contributed by atoms with Crippen LogP contribution < -0.4 is 14.5 Å². The molecule has 1 aliphatic rings. The van der Waals surface area contributed by atoms with Crippen molar-refractivity contribution in [3.8, 4) is 5.75 Å². The molecule has 1 atom stereocenters. The molecule has 6 nitrogen and oxygen atoms in total. The molecule has 0 saturated carbocycles. The van der Waals surface area contributed by atoms with Crippen LogP contribution in [0.2, 0.25) is 0 Å². The topological polar surface area (TPSA) is 70.1 Å². The van der Waals surface area contributed by atoms with Crippen molar-refractivity contribution in [1.82, 2.24) is 0 Å². The highest BCUT2D eigenvalue weighted by Crippen LogP contribution is 2.41. The fourth-order valence-corrected chi connectivity index (χ4v) is 4.18. The van der Waals surface area contributed by atoms with Gasteiger partial charge >= 0.3 is 6.03 Å². The predicted molar refractivity (Wildman–Crippen MR) is 134 cm³/mol. The molecule has 1 fully saturated rings. The third kappa shape index (κ3) is 4.43. The largest absolute Gasteiger partial charge is 0.494 e. The van der Waals surface area contributed by atoms with E-state index in [9.17, 15) is 14.7 Å². The Morgan fingerprint density at radius 2 is 1.39 bits per heavy atom. The van der Waals surface area contributed by atoms with Crippen LogP contribution in [-0.2, 0) is 10.5 Å². The summed E-state index contributed by atoms with van der Waals surface area (Å²) in [5.74, 6) is -0.120. The number of ether oxygens (including phenoxy) is 1. The summed E-state index contributed by atoms with van der Waals surface area (Å²) >= 11 is 6.75. The number of aliphatic hydroxyl groups is 1. The Kier molecular flexibility index (Phi) is 6.88. The van der Waals surface area contributed by atoms with Gasteiger partial charge in [0.05, 0.1) is 12.3 Å². The number of hydrogen-bond acceptors (Lipinski definition) is 4. The van der Waals surface area contributed by atoms with Crippen molar-refractivity contribution in [3.63, 3.8) is 0 Å². The quantitative estimate of drug-likeness (QED) is 0.269. The van der Waals surface area contributed by atoms with Crippen molar-refractivity contribution < 1.29 is 19.4 Å². The van der Waals surface area contributed by atoms with Crippen LogP contribution in [0.1, 0.15) is 25.3 Å². The van der Waals surface area contributed by atoms with Crippen LogP contribution in [0, 0.1) is 0 Å². The van der Waals surface area contributed by atoms with Gasteiger partial charge in [-0.2, -0.15) is 0 Å². The van der Waals surface area contributed by atoms with E-state index in [1.807, 2.05) is 0 Å². The van der Waals surface area contributed by atoms with Gasteiger partial charge in [0.15, 0.2) is 0 Å². The van der Waals surface area contributed by atoms with Crippen molar-refractivity contribution in [2.45, 2.75) is 25.5 Å². The molecule has 8 heteroatoms. The van der Waals surface area contributed by atoms with E-state index in [4.69, 9.17) is 4.74 Å². The normalized spacial score (nSPS) is 18.2. The average molecular weight is 574 g/mol. The van der Waals surface area contributed by atoms with Crippen molar-refractivity contribution in [2.24, 2.45) is 0 Å². The number of rotatable bonds is 7. The molecule has 1 heterocycles. The first-order chi connectivity index (χ1) is 15.9. The predicted octanol–water partition coefficient (Wildman–Crippen LogP) is 6.21. The summed E-state index contributed by atoms with van der Waals surface area (Å²) in [6, 6.07) is 19.6. The molecule has 0 bridgehead atoms. The molecular formula is C25H22Br2N2O4. The molecule has 1 N–H and O–H groups in total. The Bertz CT molecular complexity index is 1150. The lowest BCUT2D eigenvalue weighted by atomic mass is 10.00. The summed E-state index contributed by atoms with van der Waals surface area (Å²) in [4.78, 5) is 29.3. The van der Waals surface area contributed by atoms with Crippen LogP contribution in [0.25, 0.3) is 0 Å². The molecular weight excluding hydrogens is 552 g/mol. The van der Waals surface area contributed by atoms with Gasteiger partial charge < -0.3 is 9.84 Å². The van der Waals surface area contributed by atoms with Crippen molar-refractivity contribution in [1.29, 1.82) is 0 Å². The zero-order chi connectivity index (χ0) is 23.6. The lowest BCUT2D eigenvalue weighted by Gasteiger charge is -2.30. The van der Waals surface area contributed by atoms with Gasteiger partial charge in [-0.1, -0.05) is 45.2 Å². The van der Waals surface area contributed by atoms with Gasteiger partial charge in [0.1, 0.15) is 5.75 Å². The highest BCUT2D eigenvalue weighted by atomic mass is 79.9. The Balaban J connectivity index is 1.78. The number of nitrogens with zero attached hydrogens (tertiary/aromatic N) is 2. The monoisotopic (exact) mass is 572 g/mol. The first-order valence-corrected chi connectivity index (χ1v) is 12.1. The fourth-order valence-electron chi connectivity index (χ4n) is 3.65. The maximum absolute atomic E-state index is 13.6. The number of imide groups is 1. The van der Waals surface area contributed by atoms with Crippen LogP contribution in [-0.4, -0.2) is 23.7 Å². The second-order valence-corrected chi connectivity index (χ2v) is 9.44. The summed E-state index contributed by atoms with van der Waals surface area (Å²) in [7, 11) is 0. The summed E-state index contributed by atoms with van der Waals surface area (Å²) in [5.41, 5.74) is -1.20. The van der Waals surface area contributed by atoms with Gasteiger partial charge in [-0.15, -0.1) is 0 Å². The highest BCUT2D eigenvalue weighted by Gasteiger charge is 2.59. The maximum atomic E-state index is 13.6.